The first kappa shape index (κ1) is 25.2. The van der Waals surface area contributed by atoms with E-state index >= 15 is 0 Å². The van der Waals surface area contributed by atoms with Gasteiger partial charge in [-0.05, 0) is 68.1 Å². The monoisotopic (exact) mass is 476 g/mol. The summed E-state index contributed by atoms with van der Waals surface area (Å²) in [6.45, 7) is -0.250. The van der Waals surface area contributed by atoms with Gasteiger partial charge in [0.2, 0.25) is 0 Å². The molecule has 7 nitrogen and oxygen atoms in total. The third-order valence-corrected chi connectivity index (χ3v) is 6.50. The second-order valence-electron chi connectivity index (χ2n) is 8.55. The Morgan fingerprint density at radius 3 is 2.29 bits per heavy atom. The van der Waals surface area contributed by atoms with Crippen LogP contribution in [0.25, 0.3) is 11.1 Å². The van der Waals surface area contributed by atoms with Crippen molar-refractivity contribution < 1.29 is 27.9 Å². The van der Waals surface area contributed by atoms with Crippen LogP contribution < -0.4 is 11.1 Å². The first-order valence-electron chi connectivity index (χ1n) is 10.8. The quantitative estimate of drug-likeness (QED) is 0.304. The smallest absolute Gasteiger partial charge is 0.416 e. The van der Waals surface area contributed by atoms with Crippen LogP contribution in [0.1, 0.15) is 36.8 Å². The van der Waals surface area contributed by atoms with E-state index in [1.807, 2.05) is 0 Å². The summed E-state index contributed by atoms with van der Waals surface area (Å²) in [4.78, 5) is 23.4. The molecule has 2 aliphatic heterocycles. The summed E-state index contributed by atoms with van der Waals surface area (Å²) in [5.41, 5.74) is 6.40. The predicted octanol–water partition coefficient (Wildman–Crippen LogP) is 3.76. The number of carbonyl (C=O) groups excluding carboxylic acids is 1. The van der Waals surface area contributed by atoms with Crippen molar-refractivity contribution >= 4 is 23.8 Å². The Labute approximate surface area is 195 Å². The number of fused-ring (bicyclic) bond motifs is 2. The molecule has 0 aliphatic carbocycles. The van der Waals surface area contributed by atoms with Crippen molar-refractivity contribution in [3.63, 3.8) is 0 Å². The van der Waals surface area contributed by atoms with E-state index in [2.05, 4.69) is 17.3 Å². The number of anilines is 1. The lowest BCUT2D eigenvalue weighted by Crippen LogP contribution is -2.50. The van der Waals surface area contributed by atoms with E-state index in [4.69, 9.17) is 21.0 Å². The molecule has 2 atom stereocenters. The third-order valence-electron chi connectivity index (χ3n) is 6.50. The van der Waals surface area contributed by atoms with E-state index in [0.717, 1.165) is 37.8 Å². The summed E-state index contributed by atoms with van der Waals surface area (Å²) in [5.74, 6) is -0.479. The molecule has 2 fully saturated rings. The van der Waals surface area contributed by atoms with Crippen LogP contribution in [0, 0.1) is 5.41 Å². The molecule has 2 saturated heterocycles. The molecule has 4 rings (SSSR count). The van der Waals surface area contributed by atoms with Crippen molar-refractivity contribution in [1.29, 1.82) is 5.41 Å². The number of hydrogen-bond donors (Lipinski definition) is 4. The summed E-state index contributed by atoms with van der Waals surface area (Å²) in [5, 5.41) is 18.1. The number of hydrogen-bond acceptors (Lipinski definition) is 5. The number of amides is 1. The minimum Gasteiger partial charge on any atom is -0.483 e. The van der Waals surface area contributed by atoms with Crippen LogP contribution in [0.3, 0.4) is 0 Å². The molecular formula is C24H27F3N4O3. The zero-order valence-corrected chi connectivity index (χ0v) is 18.6. The van der Waals surface area contributed by atoms with Gasteiger partial charge in [0.1, 0.15) is 5.71 Å². The first-order valence-corrected chi connectivity index (χ1v) is 10.8. The van der Waals surface area contributed by atoms with Gasteiger partial charge in [-0.3, -0.25) is 15.0 Å². The average molecular weight is 476 g/mol. The van der Waals surface area contributed by atoms with Crippen LogP contribution in [-0.4, -0.2) is 53.3 Å². The number of halogens is 3. The normalized spacial score (nSPS) is 21.8. The van der Waals surface area contributed by atoms with Gasteiger partial charge >= 0.3 is 6.18 Å². The second-order valence-corrected chi connectivity index (χ2v) is 8.55. The van der Waals surface area contributed by atoms with Gasteiger partial charge in [0, 0.05) is 29.4 Å². The van der Waals surface area contributed by atoms with Gasteiger partial charge in [0.05, 0.1) is 5.56 Å². The zero-order valence-electron chi connectivity index (χ0n) is 18.6. The number of piperidine rings is 1. The van der Waals surface area contributed by atoms with Gasteiger partial charge in [-0.15, -0.1) is 0 Å². The molecule has 2 unspecified atom stereocenters. The molecule has 182 valence electrons. The molecule has 0 spiro atoms. The van der Waals surface area contributed by atoms with Gasteiger partial charge in [0.15, 0.2) is 0 Å². The Morgan fingerprint density at radius 2 is 1.74 bits per heavy atom. The number of nitrogens with zero attached hydrogens (tertiary/aromatic N) is 1. The van der Waals surface area contributed by atoms with Gasteiger partial charge in [-0.2, -0.15) is 13.2 Å². The second kappa shape index (κ2) is 10.3. The van der Waals surface area contributed by atoms with Gasteiger partial charge in [0.25, 0.3) is 12.4 Å². The molecule has 2 aromatic rings. The maximum atomic E-state index is 13.0. The SMILES string of the molecule is CN1C2CCC1CC(NC(=O)C(=N)c1ccc(-c3cccc(C(F)(F)F)c3)cc1N)C2.O=CO. The van der Waals surface area contributed by atoms with Crippen molar-refractivity contribution in [2.75, 3.05) is 12.8 Å². The fourth-order valence-corrected chi connectivity index (χ4v) is 4.75. The Hall–Kier alpha value is -3.40. The maximum Gasteiger partial charge on any atom is 0.416 e. The van der Waals surface area contributed by atoms with Crippen LogP contribution in [-0.2, 0) is 15.8 Å². The number of nitrogens with two attached hydrogens (primary N) is 1. The summed E-state index contributed by atoms with van der Waals surface area (Å²) >= 11 is 0. The number of nitrogens with one attached hydrogen (secondary N) is 2. The predicted molar refractivity (Wildman–Crippen MR) is 123 cm³/mol. The van der Waals surface area contributed by atoms with E-state index in [0.29, 0.717) is 23.2 Å². The third kappa shape index (κ3) is 5.56. The highest BCUT2D eigenvalue weighted by molar-refractivity contribution is 6.45. The highest BCUT2D eigenvalue weighted by Gasteiger charge is 2.39. The van der Waals surface area contributed by atoms with Crippen molar-refractivity contribution in [2.24, 2.45) is 0 Å². The fraction of sp³-hybridized carbons (Fsp3) is 0.375. The molecule has 2 aromatic carbocycles. The summed E-state index contributed by atoms with van der Waals surface area (Å²) in [6, 6.07) is 10.5. The van der Waals surface area contributed by atoms with Crippen LogP contribution in [0.15, 0.2) is 42.5 Å². The highest BCUT2D eigenvalue weighted by Crippen LogP contribution is 2.35. The van der Waals surface area contributed by atoms with Crippen molar-refractivity contribution in [1.82, 2.24) is 10.2 Å². The first-order chi connectivity index (χ1) is 16.0. The number of nitrogen functional groups attached to an aromatic ring is 1. The maximum absolute atomic E-state index is 13.0. The van der Waals surface area contributed by atoms with Crippen LogP contribution >= 0.6 is 0 Å². The number of rotatable bonds is 4. The van der Waals surface area contributed by atoms with Crippen molar-refractivity contribution in [2.45, 2.75) is 50.0 Å². The lowest BCUT2D eigenvalue weighted by atomic mass is 9.96. The van der Waals surface area contributed by atoms with Crippen molar-refractivity contribution in [3.05, 3.63) is 53.6 Å². The van der Waals surface area contributed by atoms with Gasteiger partial charge in [-0.1, -0.05) is 18.2 Å². The van der Waals surface area contributed by atoms with E-state index in [1.165, 1.54) is 18.2 Å². The molecule has 10 heteroatoms. The largest absolute Gasteiger partial charge is 0.483 e. The van der Waals surface area contributed by atoms with Gasteiger partial charge < -0.3 is 21.1 Å². The minimum atomic E-state index is -4.44. The van der Waals surface area contributed by atoms with E-state index in [-0.39, 0.29) is 29.5 Å². The van der Waals surface area contributed by atoms with Gasteiger partial charge in [-0.25, -0.2) is 0 Å². The van der Waals surface area contributed by atoms with Crippen LogP contribution in [0.2, 0.25) is 0 Å². The number of benzene rings is 2. The topological polar surface area (TPSA) is 120 Å². The molecule has 2 bridgehead atoms. The van der Waals surface area contributed by atoms with Crippen LogP contribution in [0.5, 0.6) is 0 Å². The average Bonchev–Trinajstić information content (AvgIpc) is 2.99. The molecule has 5 N–H and O–H groups in total. The number of carboxylic acid groups (broad SMARTS) is 1. The van der Waals surface area contributed by atoms with Crippen LogP contribution in [0.4, 0.5) is 18.9 Å². The number of carbonyl (C=O) groups is 2. The molecule has 0 radical (unpaired) electrons. The Bertz CT molecular complexity index is 1060. The fourth-order valence-electron chi connectivity index (χ4n) is 4.75. The van der Waals surface area contributed by atoms with E-state index in [9.17, 15) is 18.0 Å². The van der Waals surface area contributed by atoms with E-state index in [1.54, 1.807) is 12.1 Å². The summed E-state index contributed by atoms with van der Waals surface area (Å²) in [7, 11) is 2.12. The molecule has 0 saturated carbocycles. The Kier molecular flexibility index (Phi) is 7.61. The molecule has 0 aromatic heterocycles. The standard InChI is InChI=1S/C23H25F3N4O.CH2O2/c1-30-17-6-7-18(30)12-16(11-17)29-22(31)21(28)19-8-5-14(10-20(19)27)13-3-2-4-15(9-13)23(24,25)26;2-1-3/h2-5,8-10,16-18,28H,6-7,11-12,27H2,1H3,(H,29,31);1H,(H,2,3). The number of alkyl halides is 3. The molecule has 2 heterocycles. The zero-order chi connectivity index (χ0) is 25.0. The Balaban J connectivity index is 0.00000103. The lowest BCUT2D eigenvalue weighted by Gasteiger charge is -2.36. The summed E-state index contributed by atoms with van der Waals surface area (Å²) in [6.07, 6.45) is -0.426. The minimum absolute atomic E-state index is 0.0344. The Morgan fingerprint density at radius 1 is 1.15 bits per heavy atom. The molecule has 1 amide bonds. The highest BCUT2D eigenvalue weighted by atomic mass is 19.4. The van der Waals surface area contributed by atoms with E-state index < -0.39 is 17.6 Å². The molecule has 34 heavy (non-hydrogen) atoms. The summed E-state index contributed by atoms with van der Waals surface area (Å²) < 4.78 is 39.0. The van der Waals surface area contributed by atoms with Crippen molar-refractivity contribution in [3.8, 4) is 11.1 Å². The molecule has 2 aliphatic rings. The lowest BCUT2D eigenvalue weighted by molar-refractivity contribution is -0.137. The molecular weight excluding hydrogens is 449 g/mol.